The summed E-state index contributed by atoms with van der Waals surface area (Å²) in [6, 6.07) is 22.1. The number of rotatable bonds is 12. The molecule has 1 aliphatic carbocycles. The minimum atomic E-state index is -0.201. The zero-order chi connectivity index (χ0) is 31.2. The second-order valence-electron chi connectivity index (χ2n) is 10.9. The molecule has 0 atom stereocenters. The van der Waals surface area contributed by atoms with Crippen LogP contribution in [0.25, 0.3) is 10.8 Å². The molecule has 3 aromatic carbocycles. The number of fused-ring (bicyclic) bond motifs is 2. The van der Waals surface area contributed by atoms with Crippen molar-refractivity contribution in [1.29, 1.82) is 0 Å². The number of ether oxygens (including phenoxy) is 1. The molecule has 6 rings (SSSR count). The maximum Gasteiger partial charge on any atom is 0.254 e. The Kier molecular flexibility index (Phi) is 9.61. The summed E-state index contributed by atoms with van der Waals surface area (Å²) in [5.74, 6) is 1.20. The van der Waals surface area contributed by atoms with Crippen LogP contribution in [-0.4, -0.2) is 32.3 Å². The SMILES string of the molecule is C=CCn1c(COc2ccc3ccccc3c2C)nnc1SCC(=O)Nc1sc2c(c1C(=O)NCc1ccccc1)CCCC2. The van der Waals surface area contributed by atoms with Gasteiger partial charge in [0, 0.05) is 18.0 Å². The van der Waals surface area contributed by atoms with Crippen molar-refractivity contribution in [1.82, 2.24) is 20.1 Å². The van der Waals surface area contributed by atoms with E-state index in [0.29, 0.717) is 34.6 Å². The molecule has 2 heterocycles. The van der Waals surface area contributed by atoms with E-state index < -0.39 is 0 Å². The molecule has 2 aromatic heterocycles. The number of carbonyl (C=O) groups excluding carboxylic acids is 2. The maximum atomic E-state index is 13.4. The third kappa shape index (κ3) is 6.97. The standard InChI is InChI=1S/C35H35N5O3S2/c1-3-19-40-30(21-43-28-18-17-25-13-7-8-14-26(25)23(28)2)38-39-35(40)44-22-31(41)37-34-32(27-15-9-10-16-29(27)45-34)33(42)36-20-24-11-5-4-6-12-24/h3-8,11-14,17-18H,1,9-10,15-16,19-22H2,2H3,(H,36,42)(H,37,41). The van der Waals surface area contributed by atoms with Crippen LogP contribution < -0.4 is 15.4 Å². The topological polar surface area (TPSA) is 98.1 Å². The fourth-order valence-corrected chi connectivity index (χ4v) is 7.67. The van der Waals surface area contributed by atoms with Crippen molar-refractivity contribution >= 4 is 50.7 Å². The Morgan fingerprint density at radius 3 is 2.69 bits per heavy atom. The zero-order valence-electron chi connectivity index (χ0n) is 25.2. The zero-order valence-corrected chi connectivity index (χ0v) is 26.8. The highest BCUT2D eigenvalue weighted by Crippen LogP contribution is 2.38. The summed E-state index contributed by atoms with van der Waals surface area (Å²) in [4.78, 5) is 27.8. The molecule has 10 heteroatoms. The number of nitrogens with one attached hydrogen (secondary N) is 2. The summed E-state index contributed by atoms with van der Waals surface area (Å²) >= 11 is 2.82. The molecule has 8 nitrogen and oxygen atoms in total. The van der Waals surface area contributed by atoms with Gasteiger partial charge in [-0.05, 0) is 66.1 Å². The predicted molar refractivity (Wildman–Crippen MR) is 181 cm³/mol. The van der Waals surface area contributed by atoms with Gasteiger partial charge in [0.1, 0.15) is 17.4 Å². The van der Waals surface area contributed by atoms with Gasteiger partial charge in [-0.3, -0.25) is 14.2 Å². The molecule has 230 valence electrons. The first-order valence-corrected chi connectivity index (χ1v) is 16.9. The van der Waals surface area contributed by atoms with Crippen LogP contribution in [0.4, 0.5) is 5.00 Å². The van der Waals surface area contributed by atoms with Crippen molar-refractivity contribution < 1.29 is 14.3 Å². The average Bonchev–Trinajstić information content (AvgIpc) is 3.63. The second-order valence-corrected chi connectivity index (χ2v) is 13.0. The Morgan fingerprint density at radius 2 is 1.84 bits per heavy atom. The first kappa shape index (κ1) is 30.6. The molecule has 0 fully saturated rings. The van der Waals surface area contributed by atoms with Gasteiger partial charge in [0.15, 0.2) is 11.0 Å². The van der Waals surface area contributed by atoms with Crippen LogP contribution in [0.2, 0.25) is 0 Å². The monoisotopic (exact) mass is 637 g/mol. The van der Waals surface area contributed by atoms with Crippen LogP contribution in [0, 0.1) is 6.92 Å². The number of thiophene rings is 1. The lowest BCUT2D eigenvalue weighted by atomic mass is 9.95. The van der Waals surface area contributed by atoms with Crippen LogP contribution >= 0.6 is 23.1 Å². The Balaban J connectivity index is 1.12. The lowest BCUT2D eigenvalue weighted by Gasteiger charge is -2.13. The highest BCUT2D eigenvalue weighted by Gasteiger charge is 2.26. The van der Waals surface area contributed by atoms with E-state index in [2.05, 4.69) is 39.5 Å². The molecule has 0 aliphatic heterocycles. The summed E-state index contributed by atoms with van der Waals surface area (Å²) in [6.07, 6.45) is 5.68. The number of aryl methyl sites for hydroxylation is 2. The van der Waals surface area contributed by atoms with Gasteiger partial charge < -0.3 is 15.4 Å². The van der Waals surface area contributed by atoms with Gasteiger partial charge in [-0.2, -0.15) is 0 Å². The molecule has 0 saturated carbocycles. The Labute approximate surface area is 270 Å². The molecule has 45 heavy (non-hydrogen) atoms. The van der Waals surface area contributed by atoms with Crippen molar-refractivity contribution in [3.8, 4) is 5.75 Å². The molecular weight excluding hydrogens is 603 g/mol. The Morgan fingerprint density at radius 1 is 1.04 bits per heavy atom. The van der Waals surface area contributed by atoms with Gasteiger partial charge >= 0.3 is 0 Å². The average molecular weight is 638 g/mol. The van der Waals surface area contributed by atoms with Crippen molar-refractivity contribution in [2.75, 3.05) is 11.1 Å². The number of aromatic nitrogens is 3. The lowest BCUT2D eigenvalue weighted by Crippen LogP contribution is -2.25. The van der Waals surface area contributed by atoms with Crippen molar-refractivity contribution in [3.05, 3.63) is 112 Å². The van der Waals surface area contributed by atoms with Crippen LogP contribution in [0.1, 0.15) is 50.6 Å². The third-order valence-corrected chi connectivity index (χ3v) is 10.1. The number of hydrogen-bond acceptors (Lipinski definition) is 7. The summed E-state index contributed by atoms with van der Waals surface area (Å²) in [5, 5.41) is 18.3. The molecule has 0 bridgehead atoms. The number of amides is 2. The maximum absolute atomic E-state index is 13.4. The van der Waals surface area contributed by atoms with E-state index in [9.17, 15) is 9.59 Å². The number of nitrogens with zero attached hydrogens (tertiary/aromatic N) is 3. The minimum Gasteiger partial charge on any atom is -0.485 e. The van der Waals surface area contributed by atoms with Gasteiger partial charge in [0.2, 0.25) is 5.91 Å². The van der Waals surface area contributed by atoms with E-state index in [1.165, 1.54) is 28.0 Å². The van der Waals surface area contributed by atoms with Gasteiger partial charge in [-0.15, -0.1) is 28.1 Å². The smallest absolute Gasteiger partial charge is 0.254 e. The highest BCUT2D eigenvalue weighted by molar-refractivity contribution is 7.99. The normalized spacial score (nSPS) is 12.5. The van der Waals surface area contributed by atoms with Crippen molar-refractivity contribution in [2.24, 2.45) is 0 Å². The molecule has 0 saturated heterocycles. The molecule has 0 unspecified atom stereocenters. The Hall–Kier alpha value is -4.41. The summed E-state index contributed by atoms with van der Waals surface area (Å²) < 4.78 is 8.09. The predicted octanol–water partition coefficient (Wildman–Crippen LogP) is 7.11. The van der Waals surface area contributed by atoms with Gasteiger partial charge in [-0.1, -0.05) is 78.5 Å². The van der Waals surface area contributed by atoms with Crippen LogP contribution in [0.3, 0.4) is 0 Å². The number of benzene rings is 3. The summed E-state index contributed by atoms with van der Waals surface area (Å²) in [5.41, 5.74) is 3.76. The Bertz CT molecular complexity index is 1850. The van der Waals surface area contributed by atoms with Gasteiger partial charge in [-0.25, -0.2) is 0 Å². The van der Waals surface area contributed by atoms with Crippen LogP contribution in [0.15, 0.2) is 84.5 Å². The highest BCUT2D eigenvalue weighted by atomic mass is 32.2. The quantitative estimate of drug-likeness (QED) is 0.112. The summed E-state index contributed by atoms with van der Waals surface area (Å²) in [7, 11) is 0. The van der Waals surface area contributed by atoms with E-state index in [1.807, 2.05) is 66.1 Å². The largest absolute Gasteiger partial charge is 0.485 e. The van der Waals surface area contributed by atoms with E-state index in [0.717, 1.165) is 58.9 Å². The van der Waals surface area contributed by atoms with Crippen molar-refractivity contribution in [3.63, 3.8) is 0 Å². The van der Waals surface area contributed by atoms with Crippen molar-refractivity contribution in [2.45, 2.75) is 57.5 Å². The second kappa shape index (κ2) is 14.1. The van der Waals surface area contributed by atoms with Gasteiger partial charge in [0.05, 0.1) is 11.3 Å². The number of hydrogen-bond donors (Lipinski definition) is 2. The number of allylic oxidation sites excluding steroid dienone is 1. The first-order valence-electron chi connectivity index (χ1n) is 15.0. The van der Waals surface area contributed by atoms with E-state index >= 15 is 0 Å². The summed E-state index contributed by atoms with van der Waals surface area (Å²) in [6.45, 7) is 7.08. The molecule has 2 N–H and O–H groups in total. The molecule has 0 spiro atoms. The number of anilines is 1. The molecule has 5 aromatic rings. The van der Waals surface area contributed by atoms with E-state index in [-0.39, 0.29) is 24.2 Å². The third-order valence-electron chi connectivity index (χ3n) is 7.89. The van der Waals surface area contributed by atoms with Gasteiger partial charge in [0.25, 0.3) is 5.91 Å². The fourth-order valence-electron chi connectivity index (χ4n) is 5.60. The lowest BCUT2D eigenvalue weighted by molar-refractivity contribution is -0.113. The molecule has 0 radical (unpaired) electrons. The fraction of sp³-hybridized carbons (Fsp3) is 0.257. The van der Waals surface area contributed by atoms with Crippen LogP contribution in [0.5, 0.6) is 5.75 Å². The van der Waals surface area contributed by atoms with Crippen LogP contribution in [-0.2, 0) is 37.3 Å². The first-order chi connectivity index (χ1) is 22.0. The molecular formula is C35H35N5O3S2. The number of carbonyl (C=O) groups is 2. The van der Waals surface area contributed by atoms with E-state index in [1.54, 1.807) is 6.08 Å². The minimum absolute atomic E-state index is 0.119. The molecule has 1 aliphatic rings. The molecule has 2 amide bonds. The van der Waals surface area contributed by atoms with E-state index in [4.69, 9.17) is 4.74 Å². The number of thioether (sulfide) groups is 1.